The van der Waals surface area contributed by atoms with Gasteiger partial charge in [-0.3, -0.25) is 9.59 Å². The number of hydroxylamine groups is 2. The fraction of sp³-hybridized carbons (Fsp3) is 0.452. The molecule has 0 aliphatic carbocycles. The lowest BCUT2D eigenvalue weighted by Gasteiger charge is -2.51. The average Bonchev–Trinajstić information content (AvgIpc) is 3.87. The highest BCUT2D eigenvalue weighted by atomic mass is 32.3. The SMILES string of the molecule is C[n+]1cc(-c2ccc(OC[C@H](O/N=C(\C(=O)NC3C(=O)N(OS(=O)(=O)[O-])C3(C)C)c3csc(N)n3)c3nn[nH]n3)cc2)cn1CCCNC(=O)OC(C)(C)C. The van der Waals surface area contributed by atoms with E-state index in [1.165, 1.54) is 19.2 Å². The predicted octanol–water partition coefficient (Wildman–Crippen LogP) is 0.485. The second-order valence-electron chi connectivity index (χ2n) is 13.6. The molecule has 0 saturated carbocycles. The van der Waals surface area contributed by atoms with Gasteiger partial charge in [0.15, 0.2) is 17.9 Å². The second kappa shape index (κ2) is 16.3. The van der Waals surface area contributed by atoms with Crippen molar-refractivity contribution in [2.75, 3.05) is 18.9 Å². The summed E-state index contributed by atoms with van der Waals surface area (Å²) in [5.41, 5.74) is 5.27. The van der Waals surface area contributed by atoms with E-state index in [1.54, 1.807) is 12.1 Å². The maximum Gasteiger partial charge on any atom is 0.407 e. The summed E-state index contributed by atoms with van der Waals surface area (Å²) >= 11 is 1.01. The summed E-state index contributed by atoms with van der Waals surface area (Å²) in [6.07, 6.45) is 3.09. The first kappa shape index (κ1) is 40.5. The number of carbonyl (C=O) groups is 3. The molecule has 24 heteroatoms. The molecule has 1 saturated heterocycles. The number of oxime groups is 1. The molecule has 3 aromatic heterocycles. The number of H-pyrrole nitrogens is 1. The monoisotopic (exact) mass is 804 g/mol. The molecule has 5 rings (SSSR count). The number of nitrogens with one attached hydrogen (secondary N) is 3. The van der Waals surface area contributed by atoms with Crippen LogP contribution >= 0.6 is 11.3 Å². The summed E-state index contributed by atoms with van der Waals surface area (Å²) in [5, 5.41) is 24.9. The van der Waals surface area contributed by atoms with Crippen LogP contribution in [-0.2, 0) is 47.4 Å². The second-order valence-corrected chi connectivity index (χ2v) is 15.5. The minimum absolute atomic E-state index is 0.00267. The van der Waals surface area contributed by atoms with E-state index in [9.17, 15) is 27.4 Å². The summed E-state index contributed by atoms with van der Waals surface area (Å²) in [4.78, 5) is 47.8. The number of anilines is 1. The number of β-lactam (4-membered cyclic amide) rings is 1. The number of carbonyl (C=O) groups excluding carboxylic acids is 3. The maximum atomic E-state index is 13.5. The van der Waals surface area contributed by atoms with Crippen molar-refractivity contribution in [3.05, 3.63) is 53.6 Å². The van der Waals surface area contributed by atoms with Gasteiger partial charge in [0.05, 0.1) is 23.8 Å². The number of aromatic amines is 1. The summed E-state index contributed by atoms with van der Waals surface area (Å²) < 4.78 is 52.7. The van der Waals surface area contributed by atoms with Crippen molar-refractivity contribution < 1.29 is 50.6 Å². The van der Waals surface area contributed by atoms with Crippen LogP contribution in [0.3, 0.4) is 0 Å². The molecule has 4 aromatic rings. The number of aryl methyl sites for hydroxylation is 2. The molecule has 1 aliphatic rings. The molecule has 55 heavy (non-hydrogen) atoms. The summed E-state index contributed by atoms with van der Waals surface area (Å²) in [6.45, 7) is 9.10. The van der Waals surface area contributed by atoms with E-state index >= 15 is 0 Å². The van der Waals surface area contributed by atoms with Gasteiger partial charge in [0.2, 0.25) is 28.5 Å². The normalized spacial score (nSPS) is 16.3. The molecule has 1 aromatic carbocycles. The Morgan fingerprint density at radius 3 is 2.55 bits per heavy atom. The van der Waals surface area contributed by atoms with Crippen LogP contribution in [-0.4, -0.2) is 102 Å². The van der Waals surface area contributed by atoms with Crippen molar-refractivity contribution in [1.29, 1.82) is 0 Å². The molecule has 0 bridgehead atoms. The Hall–Kier alpha value is -5.72. The first-order chi connectivity index (χ1) is 25.8. The number of benzene rings is 1. The number of alkyl carbamates (subject to hydrolysis) is 1. The molecule has 3 amide bonds. The highest BCUT2D eigenvalue weighted by Gasteiger charge is 2.57. The summed E-state index contributed by atoms with van der Waals surface area (Å²) in [6, 6.07) is 5.95. The Labute approximate surface area is 318 Å². The standard InChI is InChI=1S/C31H40N12O10S2/c1-30(2,3)51-29(46)33-12-7-13-42-15-19(14-41(42)6)18-8-10-20(11-9-18)50-16-22(25-36-39-40-37-25)52-38-23(21-17-54-28(32)34-21)26(44)35-24-27(45)43(31(24,4)5)53-55(47,48)49/h8-11,14-15,17,22,24H,7,12-13,16H2,1-6H3,(H5-,32,33,34,35,36,37,39,40,44,46,47,48,49)/b38-23-/t22-,24?/m0/s1. The molecule has 4 heterocycles. The largest absolute Gasteiger partial charge is 0.724 e. The van der Waals surface area contributed by atoms with E-state index in [0.29, 0.717) is 30.3 Å². The Morgan fingerprint density at radius 2 is 1.95 bits per heavy atom. The van der Waals surface area contributed by atoms with Crippen LogP contribution in [0.25, 0.3) is 11.1 Å². The van der Waals surface area contributed by atoms with Crippen LogP contribution in [0.5, 0.6) is 5.75 Å². The third kappa shape index (κ3) is 10.5. The number of nitrogen functional groups attached to an aromatic ring is 1. The van der Waals surface area contributed by atoms with Crippen molar-refractivity contribution in [3.8, 4) is 16.9 Å². The highest BCUT2D eigenvalue weighted by molar-refractivity contribution is 7.80. The van der Waals surface area contributed by atoms with E-state index < -0.39 is 57.3 Å². The van der Waals surface area contributed by atoms with E-state index in [0.717, 1.165) is 22.5 Å². The van der Waals surface area contributed by atoms with Crippen LogP contribution < -0.4 is 25.8 Å². The van der Waals surface area contributed by atoms with Gasteiger partial charge < -0.3 is 35.2 Å². The molecular weight excluding hydrogens is 765 g/mol. The molecule has 296 valence electrons. The fourth-order valence-corrected chi connectivity index (χ4v) is 6.18. The number of hydrogen-bond donors (Lipinski definition) is 4. The zero-order chi connectivity index (χ0) is 40.1. The number of rotatable bonds is 16. The quantitative estimate of drug-likeness (QED) is 0.0228. The molecule has 5 N–H and O–H groups in total. The lowest BCUT2D eigenvalue weighted by atomic mass is 9.84. The number of tetrazole rings is 1. The number of nitrogens with two attached hydrogens (primary N) is 1. The number of nitrogens with zero attached hydrogens (tertiary/aromatic N) is 8. The minimum Gasteiger partial charge on any atom is -0.724 e. The van der Waals surface area contributed by atoms with E-state index in [1.807, 2.05) is 61.7 Å². The van der Waals surface area contributed by atoms with E-state index in [2.05, 4.69) is 45.7 Å². The van der Waals surface area contributed by atoms with Crippen LogP contribution in [0.1, 0.15) is 58.7 Å². The first-order valence-corrected chi connectivity index (χ1v) is 18.8. The fourth-order valence-electron chi connectivity index (χ4n) is 5.18. The Kier molecular flexibility index (Phi) is 12.0. The zero-order valence-electron chi connectivity index (χ0n) is 30.6. The highest BCUT2D eigenvalue weighted by Crippen LogP contribution is 2.33. The van der Waals surface area contributed by atoms with Crippen LogP contribution in [0.2, 0.25) is 0 Å². The maximum absolute atomic E-state index is 13.5. The number of aromatic nitrogens is 7. The van der Waals surface area contributed by atoms with E-state index in [4.69, 9.17) is 20.0 Å². The summed E-state index contributed by atoms with van der Waals surface area (Å²) in [5.74, 6) is -1.43. The number of ether oxygens (including phenoxy) is 2. The Morgan fingerprint density at radius 1 is 1.22 bits per heavy atom. The van der Waals surface area contributed by atoms with Crippen molar-refractivity contribution >= 4 is 50.5 Å². The molecule has 1 unspecified atom stereocenters. The van der Waals surface area contributed by atoms with Gasteiger partial charge in [-0.25, -0.2) is 18.2 Å². The van der Waals surface area contributed by atoms with Gasteiger partial charge in [0.25, 0.3) is 11.8 Å². The van der Waals surface area contributed by atoms with E-state index in [-0.39, 0.29) is 23.3 Å². The topological polar surface area (TPSA) is 287 Å². The van der Waals surface area contributed by atoms with Crippen molar-refractivity contribution in [2.24, 2.45) is 12.2 Å². The van der Waals surface area contributed by atoms with Gasteiger partial charge in [-0.1, -0.05) is 22.5 Å². The number of thiazole rings is 1. The molecule has 1 aliphatic heterocycles. The van der Waals surface area contributed by atoms with Gasteiger partial charge in [0, 0.05) is 11.9 Å². The van der Waals surface area contributed by atoms with Crippen molar-refractivity contribution in [3.63, 3.8) is 0 Å². The third-order valence-electron chi connectivity index (χ3n) is 7.86. The van der Waals surface area contributed by atoms with Gasteiger partial charge in [-0.15, -0.1) is 26.2 Å². The minimum atomic E-state index is -5.26. The van der Waals surface area contributed by atoms with Crippen molar-refractivity contribution in [2.45, 2.75) is 70.9 Å². The number of amides is 3. The average molecular weight is 805 g/mol. The lowest BCUT2D eigenvalue weighted by Crippen LogP contribution is -2.76. The Balaban J connectivity index is 1.23. The van der Waals surface area contributed by atoms with Crippen LogP contribution in [0.4, 0.5) is 9.93 Å². The molecule has 0 radical (unpaired) electrons. The lowest BCUT2D eigenvalue weighted by molar-refractivity contribution is -0.753. The molecular formula is C31H40N12O10S2. The molecule has 0 spiro atoms. The smallest absolute Gasteiger partial charge is 0.407 e. The van der Waals surface area contributed by atoms with Crippen LogP contribution in [0.15, 0.2) is 47.2 Å². The number of hydrogen-bond acceptors (Lipinski definition) is 17. The molecule has 1 fully saturated rings. The van der Waals surface area contributed by atoms with Gasteiger partial charge >= 0.3 is 6.09 Å². The Bertz CT molecular complexity index is 2130. The third-order valence-corrected chi connectivity index (χ3v) is 8.86. The molecule has 2 atom stereocenters. The molecule has 22 nitrogen and oxygen atoms in total. The van der Waals surface area contributed by atoms with Crippen molar-refractivity contribution in [1.82, 2.24) is 46.0 Å². The van der Waals surface area contributed by atoms with Gasteiger partial charge in [-0.2, -0.15) is 19.2 Å². The summed E-state index contributed by atoms with van der Waals surface area (Å²) in [7, 11) is -3.34. The van der Waals surface area contributed by atoms with Gasteiger partial charge in [-0.05, 0) is 58.7 Å². The predicted molar refractivity (Wildman–Crippen MR) is 190 cm³/mol. The first-order valence-electron chi connectivity index (χ1n) is 16.6. The zero-order valence-corrected chi connectivity index (χ0v) is 32.2. The van der Waals surface area contributed by atoms with Gasteiger partial charge in [0.1, 0.15) is 29.7 Å². The van der Waals surface area contributed by atoms with Crippen LogP contribution in [0, 0.1) is 0 Å².